The zero-order valence-electron chi connectivity index (χ0n) is 11.2. The molecule has 3 nitrogen and oxygen atoms in total. The Morgan fingerprint density at radius 3 is 2.50 bits per heavy atom. The van der Waals surface area contributed by atoms with Crippen LogP contribution in [-0.4, -0.2) is 10.2 Å². The second-order valence-corrected chi connectivity index (χ2v) is 6.04. The summed E-state index contributed by atoms with van der Waals surface area (Å²) < 4.78 is 5.72. The van der Waals surface area contributed by atoms with Crippen LogP contribution in [0.15, 0.2) is 64.2 Å². The molecule has 1 aromatic heterocycles. The lowest BCUT2D eigenvalue weighted by atomic mass is 10.1. The Bertz CT molecular complexity index is 663. The summed E-state index contributed by atoms with van der Waals surface area (Å²) in [5.74, 6) is 0. The highest BCUT2D eigenvalue weighted by molar-refractivity contribution is 7.99. The molecule has 2 aromatic carbocycles. The van der Waals surface area contributed by atoms with Crippen molar-refractivity contribution in [3.63, 3.8) is 0 Å². The van der Waals surface area contributed by atoms with Crippen molar-refractivity contribution in [1.82, 2.24) is 4.98 Å². The predicted molar refractivity (Wildman–Crippen MR) is 82.7 cm³/mol. The van der Waals surface area contributed by atoms with Crippen LogP contribution in [0.1, 0.15) is 18.5 Å². The number of hydrogen-bond acceptors (Lipinski definition) is 4. The van der Waals surface area contributed by atoms with Crippen LogP contribution in [-0.2, 0) is 0 Å². The summed E-state index contributed by atoms with van der Waals surface area (Å²) in [6.45, 7) is 2.09. The van der Waals surface area contributed by atoms with Crippen LogP contribution < -0.4 is 5.73 Å². The normalized spacial score (nSPS) is 14.3. The summed E-state index contributed by atoms with van der Waals surface area (Å²) in [6.07, 6.45) is 0. The molecule has 4 heteroatoms. The molecule has 2 N–H and O–H groups in total. The fourth-order valence-electron chi connectivity index (χ4n) is 2.08. The number of aromatic nitrogens is 1. The van der Waals surface area contributed by atoms with E-state index >= 15 is 0 Å². The molecular formula is C16H16N2OS. The third-order valence-electron chi connectivity index (χ3n) is 3.25. The number of benzene rings is 2. The van der Waals surface area contributed by atoms with Crippen molar-refractivity contribution < 1.29 is 4.42 Å². The Morgan fingerprint density at radius 1 is 1.05 bits per heavy atom. The van der Waals surface area contributed by atoms with Gasteiger partial charge in [-0.2, -0.15) is 0 Å². The molecule has 0 aliphatic rings. The van der Waals surface area contributed by atoms with E-state index in [4.69, 9.17) is 10.2 Å². The zero-order chi connectivity index (χ0) is 13.9. The van der Waals surface area contributed by atoms with E-state index in [1.54, 1.807) is 11.8 Å². The van der Waals surface area contributed by atoms with Gasteiger partial charge in [-0.05, 0) is 17.7 Å². The maximum absolute atomic E-state index is 6.29. The highest BCUT2D eigenvalue weighted by Crippen LogP contribution is 2.31. The third kappa shape index (κ3) is 2.71. The summed E-state index contributed by atoms with van der Waals surface area (Å²) in [7, 11) is 0. The van der Waals surface area contributed by atoms with Crippen molar-refractivity contribution in [2.45, 2.75) is 23.4 Å². The lowest BCUT2D eigenvalue weighted by molar-refractivity contribution is 0.487. The molecule has 0 saturated carbocycles. The van der Waals surface area contributed by atoms with Gasteiger partial charge in [-0.15, -0.1) is 0 Å². The molecule has 2 unspecified atom stereocenters. The lowest BCUT2D eigenvalue weighted by Gasteiger charge is -2.18. The second kappa shape index (κ2) is 5.69. The van der Waals surface area contributed by atoms with Gasteiger partial charge in [-0.3, -0.25) is 0 Å². The van der Waals surface area contributed by atoms with Crippen LogP contribution in [0.2, 0.25) is 0 Å². The number of hydrogen-bond donors (Lipinski definition) is 1. The number of nitrogens with zero attached hydrogens (tertiary/aromatic N) is 1. The van der Waals surface area contributed by atoms with Gasteiger partial charge in [0.15, 0.2) is 5.58 Å². The monoisotopic (exact) mass is 284 g/mol. The number of fused-ring (bicyclic) bond motifs is 1. The first kappa shape index (κ1) is 13.2. The Morgan fingerprint density at radius 2 is 1.75 bits per heavy atom. The number of oxazole rings is 1. The highest BCUT2D eigenvalue weighted by Gasteiger charge is 2.18. The van der Waals surface area contributed by atoms with Gasteiger partial charge < -0.3 is 10.2 Å². The van der Waals surface area contributed by atoms with Crippen molar-refractivity contribution in [3.8, 4) is 0 Å². The molecule has 1 heterocycles. The Balaban J connectivity index is 1.76. The zero-order valence-corrected chi connectivity index (χ0v) is 12.0. The summed E-state index contributed by atoms with van der Waals surface area (Å²) in [5.41, 5.74) is 9.12. The van der Waals surface area contributed by atoms with Gasteiger partial charge in [-0.25, -0.2) is 4.98 Å². The van der Waals surface area contributed by atoms with E-state index in [2.05, 4.69) is 11.9 Å². The van der Waals surface area contributed by atoms with Gasteiger partial charge in [0.2, 0.25) is 0 Å². The first-order valence-electron chi connectivity index (χ1n) is 6.57. The first-order valence-corrected chi connectivity index (χ1v) is 7.45. The van der Waals surface area contributed by atoms with E-state index < -0.39 is 0 Å². The van der Waals surface area contributed by atoms with E-state index in [0.717, 1.165) is 16.7 Å². The average molecular weight is 284 g/mol. The van der Waals surface area contributed by atoms with Crippen LogP contribution in [0.4, 0.5) is 0 Å². The average Bonchev–Trinajstić information content (AvgIpc) is 2.89. The number of para-hydroxylation sites is 2. The minimum atomic E-state index is -0.0452. The van der Waals surface area contributed by atoms with Gasteiger partial charge >= 0.3 is 0 Å². The standard InChI is InChI=1S/C16H16N2OS/c1-11(15(17)12-7-3-2-4-8-12)20-16-18-13-9-5-6-10-14(13)19-16/h2-11,15H,17H2,1H3. The van der Waals surface area contributed by atoms with Gasteiger partial charge in [0.05, 0.1) is 0 Å². The fourth-order valence-corrected chi connectivity index (χ4v) is 2.99. The molecule has 3 aromatic rings. The molecule has 0 amide bonds. The fraction of sp³-hybridized carbons (Fsp3) is 0.188. The van der Waals surface area contributed by atoms with Gasteiger partial charge in [-0.1, -0.05) is 61.2 Å². The molecule has 0 bridgehead atoms. The SMILES string of the molecule is CC(Sc1nc2ccccc2o1)C(N)c1ccccc1. The summed E-state index contributed by atoms with van der Waals surface area (Å²) in [5, 5.41) is 0.857. The highest BCUT2D eigenvalue weighted by atomic mass is 32.2. The molecule has 0 aliphatic heterocycles. The summed E-state index contributed by atoms with van der Waals surface area (Å²) in [6, 6.07) is 17.8. The summed E-state index contributed by atoms with van der Waals surface area (Å²) >= 11 is 1.57. The predicted octanol–water partition coefficient (Wildman–Crippen LogP) is 4.01. The van der Waals surface area contributed by atoms with E-state index in [0.29, 0.717) is 5.22 Å². The Hall–Kier alpha value is -1.78. The molecule has 102 valence electrons. The van der Waals surface area contributed by atoms with E-state index in [1.165, 1.54) is 0 Å². The van der Waals surface area contributed by atoms with Gasteiger partial charge in [0.1, 0.15) is 5.52 Å². The molecule has 2 atom stereocenters. The molecule has 0 spiro atoms. The largest absolute Gasteiger partial charge is 0.431 e. The Kier molecular flexibility index (Phi) is 3.76. The first-order chi connectivity index (χ1) is 9.74. The summed E-state index contributed by atoms with van der Waals surface area (Å²) in [4.78, 5) is 4.47. The van der Waals surface area contributed by atoms with Crippen LogP contribution in [0.5, 0.6) is 0 Å². The quantitative estimate of drug-likeness (QED) is 0.735. The minimum Gasteiger partial charge on any atom is -0.431 e. The molecule has 0 fully saturated rings. The van der Waals surface area contributed by atoms with E-state index in [1.807, 2.05) is 54.6 Å². The molecule has 0 aliphatic carbocycles. The molecule has 20 heavy (non-hydrogen) atoms. The molecular weight excluding hydrogens is 268 g/mol. The van der Waals surface area contributed by atoms with E-state index in [-0.39, 0.29) is 11.3 Å². The number of rotatable bonds is 4. The van der Waals surface area contributed by atoms with Crippen molar-refractivity contribution in [2.24, 2.45) is 5.73 Å². The minimum absolute atomic E-state index is 0.0452. The maximum Gasteiger partial charge on any atom is 0.257 e. The topological polar surface area (TPSA) is 52.0 Å². The van der Waals surface area contributed by atoms with Crippen molar-refractivity contribution in [2.75, 3.05) is 0 Å². The van der Waals surface area contributed by atoms with Crippen molar-refractivity contribution >= 4 is 22.9 Å². The third-order valence-corrected chi connectivity index (χ3v) is 4.29. The van der Waals surface area contributed by atoms with Gasteiger partial charge in [0.25, 0.3) is 5.22 Å². The lowest BCUT2D eigenvalue weighted by Crippen LogP contribution is -2.20. The molecule has 3 rings (SSSR count). The van der Waals surface area contributed by atoms with Crippen molar-refractivity contribution in [3.05, 3.63) is 60.2 Å². The smallest absolute Gasteiger partial charge is 0.257 e. The maximum atomic E-state index is 6.29. The second-order valence-electron chi connectivity index (χ2n) is 4.71. The van der Waals surface area contributed by atoms with Crippen LogP contribution in [0, 0.1) is 0 Å². The van der Waals surface area contributed by atoms with Crippen LogP contribution >= 0.6 is 11.8 Å². The number of nitrogens with two attached hydrogens (primary N) is 1. The van der Waals surface area contributed by atoms with Gasteiger partial charge in [0, 0.05) is 11.3 Å². The Labute approximate surface area is 122 Å². The van der Waals surface area contributed by atoms with Crippen LogP contribution in [0.25, 0.3) is 11.1 Å². The van der Waals surface area contributed by atoms with Crippen LogP contribution in [0.3, 0.4) is 0 Å². The molecule has 0 saturated heterocycles. The molecule has 0 radical (unpaired) electrons. The number of thioether (sulfide) groups is 1. The van der Waals surface area contributed by atoms with E-state index in [9.17, 15) is 0 Å². The van der Waals surface area contributed by atoms with Crippen molar-refractivity contribution in [1.29, 1.82) is 0 Å².